The largest absolute Gasteiger partial charge is 0.327 e. The number of anilines is 1. The molecule has 2 saturated carbocycles. The van der Waals surface area contributed by atoms with Gasteiger partial charge in [-0.15, -0.1) is 0 Å². The number of nitrogens with one attached hydrogen (secondary N) is 1. The van der Waals surface area contributed by atoms with Crippen LogP contribution in [-0.4, -0.2) is 11.9 Å². The summed E-state index contributed by atoms with van der Waals surface area (Å²) in [5, 5.41) is 2.95. The van der Waals surface area contributed by atoms with Gasteiger partial charge in [0, 0.05) is 11.1 Å². The van der Waals surface area contributed by atoms with Crippen molar-refractivity contribution in [3.63, 3.8) is 0 Å². The lowest BCUT2D eigenvalue weighted by molar-refractivity contribution is -0.121. The number of carbonyl (C=O) groups excluding carboxylic acids is 1. The van der Waals surface area contributed by atoms with Crippen molar-refractivity contribution in [2.24, 2.45) is 23.5 Å². The van der Waals surface area contributed by atoms with E-state index in [2.05, 4.69) is 5.32 Å². The van der Waals surface area contributed by atoms with Gasteiger partial charge in [0.05, 0.1) is 11.6 Å². The molecule has 3 nitrogen and oxygen atoms in total. The van der Waals surface area contributed by atoms with Crippen molar-refractivity contribution in [3.8, 4) is 0 Å². The van der Waals surface area contributed by atoms with Crippen LogP contribution in [0.5, 0.6) is 0 Å². The van der Waals surface area contributed by atoms with E-state index in [9.17, 15) is 9.18 Å². The molecule has 19 heavy (non-hydrogen) atoms. The molecule has 1 amide bonds. The van der Waals surface area contributed by atoms with Crippen LogP contribution in [0.1, 0.15) is 19.3 Å². The van der Waals surface area contributed by atoms with Crippen LogP contribution in [0, 0.1) is 23.6 Å². The van der Waals surface area contributed by atoms with Gasteiger partial charge in [0.15, 0.2) is 0 Å². The number of benzene rings is 1. The molecule has 1 aromatic rings. The number of hydrogen-bond acceptors (Lipinski definition) is 2. The Balaban J connectivity index is 1.75. The average molecular weight is 283 g/mol. The lowest BCUT2D eigenvalue weighted by atomic mass is 9.84. The van der Waals surface area contributed by atoms with Gasteiger partial charge < -0.3 is 11.1 Å². The van der Waals surface area contributed by atoms with Crippen LogP contribution >= 0.6 is 11.6 Å². The van der Waals surface area contributed by atoms with E-state index in [-0.39, 0.29) is 23.6 Å². The maximum absolute atomic E-state index is 13.7. The topological polar surface area (TPSA) is 55.1 Å². The van der Waals surface area contributed by atoms with E-state index in [0.29, 0.717) is 16.9 Å². The normalized spacial score (nSPS) is 32.6. The number of amides is 1. The molecule has 2 bridgehead atoms. The highest BCUT2D eigenvalue weighted by Crippen LogP contribution is 2.47. The Labute approximate surface area is 116 Å². The van der Waals surface area contributed by atoms with E-state index in [1.165, 1.54) is 12.1 Å². The number of carbonyl (C=O) groups is 1. The summed E-state index contributed by atoms with van der Waals surface area (Å²) in [5.74, 6) is -0.0569. The Morgan fingerprint density at radius 2 is 2.11 bits per heavy atom. The van der Waals surface area contributed by atoms with Crippen molar-refractivity contribution >= 4 is 23.2 Å². The molecule has 2 fully saturated rings. The highest BCUT2D eigenvalue weighted by atomic mass is 35.5. The van der Waals surface area contributed by atoms with Crippen molar-refractivity contribution in [1.82, 2.24) is 0 Å². The van der Waals surface area contributed by atoms with E-state index in [1.807, 2.05) is 0 Å². The zero-order chi connectivity index (χ0) is 13.6. The second-order valence-electron chi connectivity index (χ2n) is 5.55. The highest BCUT2D eigenvalue weighted by molar-refractivity contribution is 6.30. The van der Waals surface area contributed by atoms with Gasteiger partial charge in [-0.2, -0.15) is 0 Å². The van der Waals surface area contributed by atoms with Gasteiger partial charge in [0.1, 0.15) is 5.82 Å². The van der Waals surface area contributed by atoms with E-state index in [0.717, 1.165) is 19.3 Å². The van der Waals surface area contributed by atoms with Gasteiger partial charge in [-0.1, -0.05) is 11.6 Å². The molecule has 0 radical (unpaired) electrons. The number of nitrogens with two attached hydrogens (primary N) is 1. The number of halogens is 2. The highest BCUT2D eigenvalue weighted by Gasteiger charge is 2.49. The smallest absolute Gasteiger partial charge is 0.229 e. The van der Waals surface area contributed by atoms with E-state index < -0.39 is 5.82 Å². The summed E-state index contributed by atoms with van der Waals surface area (Å²) in [6, 6.07) is 4.14. The first kappa shape index (κ1) is 12.9. The summed E-state index contributed by atoms with van der Waals surface area (Å²) < 4.78 is 13.7. The van der Waals surface area contributed by atoms with Gasteiger partial charge in [-0.25, -0.2) is 4.39 Å². The molecule has 5 heteroatoms. The molecule has 3 rings (SSSR count). The summed E-state index contributed by atoms with van der Waals surface area (Å²) in [4.78, 5) is 12.3. The molecule has 2 aliphatic rings. The first-order valence-electron chi connectivity index (χ1n) is 6.58. The molecule has 102 valence electrons. The molecule has 2 aliphatic carbocycles. The summed E-state index contributed by atoms with van der Waals surface area (Å²) in [7, 11) is 0. The van der Waals surface area contributed by atoms with Crippen molar-refractivity contribution in [2.75, 3.05) is 5.32 Å². The fourth-order valence-corrected chi connectivity index (χ4v) is 3.69. The summed E-state index contributed by atoms with van der Waals surface area (Å²) >= 11 is 5.68. The third kappa shape index (κ3) is 2.23. The zero-order valence-corrected chi connectivity index (χ0v) is 11.2. The quantitative estimate of drug-likeness (QED) is 0.876. The molecule has 0 heterocycles. The molecular formula is C14H16ClFN2O. The van der Waals surface area contributed by atoms with Gasteiger partial charge in [0.25, 0.3) is 0 Å². The van der Waals surface area contributed by atoms with Gasteiger partial charge in [-0.05, 0) is 49.3 Å². The van der Waals surface area contributed by atoms with Crippen LogP contribution in [0.3, 0.4) is 0 Å². The molecule has 0 saturated heterocycles. The van der Waals surface area contributed by atoms with Crippen LogP contribution in [0.25, 0.3) is 0 Å². The maximum atomic E-state index is 13.7. The lowest BCUT2D eigenvalue weighted by Gasteiger charge is -2.27. The minimum atomic E-state index is -0.516. The first-order valence-corrected chi connectivity index (χ1v) is 6.95. The summed E-state index contributed by atoms with van der Waals surface area (Å²) in [6.07, 6.45) is 3.20. The predicted octanol–water partition coefficient (Wildman–Crippen LogP) is 2.79. The predicted molar refractivity (Wildman–Crippen MR) is 72.3 cm³/mol. The standard InChI is InChI=1S/C14H16ClFN2O/c15-9-3-4-11(10(16)6-9)18-14(19)12-7-1-2-8(5-7)13(12)17/h3-4,6-8,12-13H,1-2,5,17H2,(H,18,19). The third-order valence-corrected chi connectivity index (χ3v) is 4.71. The summed E-state index contributed by atoms with van der Waals surface area (Å²) in [5.41, 5.74) is 6.28. The molecule has 0 aromatic heterocycles. The Morgan fingerprint density at radius 3 is 2.74 bits per heavy atom. The van der Waals surface area contributed by atoms with Crippen molar-refractivity contribution in [3.05, 3.63) is 29.0 Å². The SMILES string of the molecule is NC1C2CCC(C2)C1C(=O)Nc1ccc(Cl)cc1F. The second kappa shape index (κ2) is 4.76. The van der Waals surface area contributed by atoms with Crippen LogP contribution in [0.2, 0.25) is 5.02 Å². The van der Waals surface area contributed by atoms with Crippen LogP contribution in [-0.2, 0) is 4.79 Å². The van der Waals surface area contributed by atoms with E-state index >= 15 is 0 Å². The average Bonchev–Trinajstić information content (AvgIpc) is 2.93. The van der Waals surface area contributed by atoms with Crippen LogP contribution in [0.15, 0.2) is 18.2 Å². The Morgan fingerprint density at radius 1 is 1.37 bits per heavy atom. The van der Waals surface area contributed by atoms with E-state index in [4.69, 9.17) is 17.3 Å². The molecular weight excluding hydrogens is 267 g/mol. The summed E-state index contributed by atoms with van der Waals surface area (Å²) in [6.45, 7) is 0. The first-order chi connectivity index (χ1) is 9.06. The number of rotatable bonds is 2. The molecule has 4 atom stereocenters. The molecule has 3 N–H and O–H groups in total. The minimum absolute atomic E-state index is 0.0888. The monoisotopic (exact) mass is 282 g/mol. The molecule has 4 unspecified atom stereocenters. The van der Waals surface area contributed by atoms with Crippen LogP contribution in [0.4, 0.5) is 10.1 Å². The van der Waals surface area contributed by atoms with E-state index in [1.54, 1.807) is 6.07 Å². The molecule has 0 spiro atoms. The third-order valence-electron chi connectivity index (χ3n) is 4.47. The van der Waals surface area contributed by atoms with Crippen molar-refractivity contribution in [1.29, 1.82) is 0 Å². The Bertz CT molecular complexity index is 520. The van der Waals surface area contributed by atoms with Crippen molar-refractivity contribution < 1.29 is 9.18 Å². The Kier molecular flexibility index (Phi) is 3.23. The van der Waals surface area contributed by atoms with Crippen LogP contribution < -0.4 is 11.1 Å². The minimum Gasteiger partial charge on any atom is -0.327 e. The zero-order valence-electron chi connectivity index (χ0n) is 10.4. The van der Waals surface area contributed by atoms with Crippen molar-refractivity contribution in [2.45, 2.75) is 25.3 Å². The number of fused-ring (bicyclic) bond motifs is 2. The second-order valence-corrected chi connectivity index (χ2v) is 5.99. The van der Waals surface area contributed by atoms with Gasteiger partial charge in [0.2, 0.25) is 5.91 Å². The lowest BCUT2D eigenvalue weighted by Crippen LogP contribution is -2.42. The Hall–Kier alpha value is -1.13. The molecule has 1 aromatic carbocycles. The number of hydrogen-bond donors (Lipinski definition) is 2. The van der Waals surface area contributed by atoms with Gasteiger partial charge >= 0.3 is 0 Å². The fourth-order valence-electron chi connectivity index (χ4n) is 3.53. The maximum Gasteiger partial charge on any atom is 0.229 e. The van der Waals surface area contributed by atoms with Gasteiger partial charge in [-0.3, -0.25) is 4.79 Å². The molecule has 0 aliphatic heterocycles. The fraction of sp³-hybridized carbons (Fsp3) is 0.500.